The average Bonchev–Trinajstić information content (AvgIpc) is 2.46. The number of hydrogen-bond acceptors (Lipinski definition) is 3. The molecule has 0 amide bonds. The molecule has 1 fully saturated rings. The lowest BCUT2D eigenvalue weighted by Gasteiger charge is -2.55. The minimum absolute atomic E-state index is 0.119. The maximum Gasteiger partial charge on any atom is 0.119 e. The number of aliphatic hydroxyl groups is 1. The molecule has 0 spiro atoms. The lowest BCUT2D eigenvalue weighted by atomic mass is 9.56. The fourth-order valence-corrected chi connectivity index (χ4v) is 4.47. The molecule has 1 aromatic carbocycles. The third-order valence-electron chi connectivity index (χ3n) is 5.77. The molecule has 1 aromatic rings. The van der Waals surface area contributed by atoms with Crippen molar-refractivity contribution in [2.24, 2.45) is 5.92 Å². The largest absolute Gasteiger partial charge is 0.497 e. The normalized spacial score (nSPS) is 32.8. The molecule has 3 nitrogen and oxygen atoms in total. The van der Waals surface area contributed by atoms with Gasteiger partial charge in [-0.25, -0.2) is 0 Å². The van der Waals surface area contributed by atoms with Gasteiger partial charge in [-0.05, 0) is 62.0 Å². The molecule has 2 aliphatic rings. The van der Waals surface area contributed by atoms with Crippen molar-refractivity contribution in [2.75, 3.05) is 27.3 Å². The number of methoxy groups -OCH3 is 1. The number of rotatable bonds is 3. The molecule has 1 aliphatic carbocycles. The van der Waals surface area contributed by atoms with Gasteiger partial charge in [-0.1, -0.05) is 13.0 Å². The van der Waals surface area contributed by atoms with Crippen molar-refractivity contribution in [1.29, 1.82) is 0 Å². The van der Waals surface area contributed by atoms with Gasteiger partial charge in [-0.3, -0.25) is 0 Å². The molecular formula is C17H25NO2. The topological polar surface area (TPSA) is 32.7 Å². The van der Waals surface area contributed by atoms with Crippen molar-refractivity contribution in [1.82, 2.24) is 4.90 Å². The smallest absolute Gasteiger partial charge is 0.119 e. The Bertz CT molecular complexity index is 502. The lowest BCUT2D eigenvalue weighted by molar-refractivity contribution is 0.0265. The molecule has 20 heavy (non-hydrogen) atoms. The third kappa shape index (κ3) is 1.87. The quantitative estimate of drug-likeness (QED) is 0.918. The van der Waals surface area contributed by atoms with E-state index in [0.717, 1.165) is 31.6 Å². The Morgan fingerprint density at radius 1 is 1.45 bits per heavy atom. The Labute approximate surface area is 121 Å². The number of hydrogen-bond donors (Lipinski definition) is 1. The summed E-state index contributed by atoms with van der Waals surface area (Å²) in [6, 6.07) is 7.09. The van der Waals surface area contributed by atoms with Crippen molar-refractivity contribution in [3.8, 4) is 5.75 Å². The van der Waals surface area contributed by atoms with Gasteiger partial charge in [-0.2, -0.15) is 0 Å². The number of benzene rings is 1. The van der Waals surface area contributed by atoms with Gasteiger partial charge in [-0.15, -0.1) is 0 Å². The Morgan fingerprint density at radius 3 is 2.95 bits per heavy atom. The molecule has 1 aliphatic heterocycles. The van der Waals surface area contributed by atoms with Crippen LogP contribution in [-0.4, -0.2) is 43.4 Å². The van der Waals surface area contributed by atoms with Gasteiger partial charge in [0.2, 0.25) is 0 Å². The molecule has 2 bridgehead atoms. The molecule has 0 aromatic heterocycles. The number of likely N-dealkylation sites (N-methyl/N-ethyl adjacent to an activating group) is 1. The number of fused-ring (bicyclic) bond motifs is 4. The fraction of sp³-hybridized carbons (Fsp3) is 0.647. The standard InChI is InChI=1S/C17H25NO2/c1-12-16-10-13-4-5-14(20-3)11-15(13)17(12,7-9-19)6-8-18(16)2/h4-5,11-12,16,19H,6-10H2,1-3H3/t12-,16+,17-/m0/s1. The van der Waals surface area contributed by atoms with Gasteiger partial charge in [0.25, 0.3) is 0 Å². The van der Waals surface area contributed by atoms with Crippen LogP contribution in [0.2, 0.25) is 0 Å². The first-order valence-corrected chi connectivity index (χ1v) is 7.61. The van der Waals surface area contributed by atoms with Crippen molar-refractivity contribution in [3.05, 3.63) is 29.3 Å². The van der Waals surface area contributed by atoms with E-state index in [4.69, 9.17) is 4.74 Å². The van der Waals surface area contributed by atoms with Crippen LogP contribution in [0.1, 0.15) is 30.9 Å². The molecule has 3 heteroatoms. The second kappa shape index (κ2) is 5.05. The van der Waals surface area contributed by atoms with E-state index in [1.54, 1.807) is 7.11 Å². The van der Waals surface area contributed by atoms with Crippen LogP contribution in [0.15, 0.2) is 18.2 Å². The predicted octanol–water partition coefficient (Wildman–Crippen LogP) is 2.21. The highest BCUT2D eigenvalue weighted by Crippen LogP contribution is 2.51. The third-order valence-corrected chi connectivity index (χ3v) is 5.77. The molecule has 0 saturated carbocycles. The zero-order chi connectivity index (χ0) is 14.3. The van der Waals surface area contributed by atoms with Crippen LogP contribution in [0.3, 0.4) is 0 Å². The highest BCUT2D eigenvalue weighted by molar-refractivity contribution is 5.45. The molecular weight excluding hydrogens is 250 g/mol. The van der Waals surface area contributed by atoms with Crippen LogP contribution in [0, 0.1) is 5.92 Å². The Morgan fingerprint density at radius 2 is 2.25 bits per heavy atom. The maximum atomic E-state index is 9.62. The Balaban J connectivity index is 2.14. The SMILES string of the molecule is COc1ccc2c(c1)[C@]1(CCO)CCN(C)[C@H](C2)[C@@H]1C. The number of likely N-dealkylation sites (tertiary alicyclic amines) is 1. The molecule has 0 unspecified atom stereocenters. The van der Waals surface area contributed by atoms with Gasteiger partial charge >= 0.3 is 0 Å². The molecule has 3 rings (SSSR count). The zero-order valence-electron chi connectivity index (χ0n) is 12.7. The van der Waals surface area contributed by atoms with E-state index >= 15 is 0 Å². The zero-order valence-corrected chi connectivity index (χ0v) is 12.7. The summed E-state index contributed by atoms with van der Waals surface area (Å²) in [7, 11) is 3.96. The van der Waals surface area contributed by atoms with Crippen molar-refractivity contribution >= 4 is 0 Å². The summed E-state index contributed by atoms with van der Waals surface area (Å²) in [5.74, 6) is 1.51. The first-order chi connectivity index (χ1) is 9.62. The van der Waals surface area contributed by atoms with Gasteiger partial charge in [0.05, 0.1) is 7.11 Å². The molecule has 0 radical (unpaired) electrons. The van der Waals surface area contributed by atoms with E-state index in [1.807, 2.05) is 0 Å². The summed E-state index contributed by atoms with van der Waals surface area (Å²) < 4.78 is 5.42. The van der Waals surface area contributed by atoms with Gasteiger partial charge in [0, 0.05) is 18.1 Å². The van der Waals surface area contributed by atoms with E-state index in [-0.39, 0.29) is 12.0 Å². The summed E-state index contributed by atoms with van der Waals surface area (Å²) >= 11 is 0. The minimum Gasteiger partial charge on any atom is -0.497 e. The van der Waals surface area contributed by atoms with E-state index in [1.165, 1.54) is 11.1 Å². The van der Waals surface area contributed by atoms with Gasteiger partial charge in [0.1, 0.15) is 5.75 Å². The van der Waals surface area contributed by atoms with Crippen LogP contribution in [0.5, 0.6) is 5.75 Å². The second-order valence-corrected chi connectivity index (χ2v) is 6.44. The predicted molar refractivity (Wildman–Crippen MR) is 80.3 cm³/mol. The lowest BCUT2D eigenvalue weighted by Crippen LogP contribution is -2.58. The summed E-state index contributed by atoms with van der Waals surface area (Å²) in [5.41, 5.74) is 2.98. The van der Waals surface area contributed by atoms with Crippen molar-refractivity contribution in [3.63, 3.8) is 0 Å². The van der Waals surface area contributed by atoms with Crippen LogP contribution in [0.4, 0.5) is 0 Å². The van der Waals surface area contributed by atoms with Gasteiger partial charge in [0.15, 0.2) is 0 Å². The Kier molecular flexibility index (Phi) is 3.51. The molecule has 1 N–H and O–H groups in total. The van der Waals surface area contributed by atoms with E-state index < -0.39 is 0 Å². The summed E-state index contributed by atoms with van der Waals surface area (Å²) in [5, 5.41) is 9.62. The monoisotopic (exact) mass is 275 g/mol. The van der Waals surface area contributed by atoms with E-state index in [0.29, 0.717) is 12.0 Å². The number of aliphatic hydroxyl groups excluding tert-OH is 1. The summed E-state index contributed by atoms with van der Waals surface area (Å²) in [6.07, 6.45) is 3.10. The van der Waals surface area contributed by atoms with Crippen LogP contribution < -0.4 is 4.74 Å². The molecule has 110 valence electrons. The Hall–Kier alpha value is -1.06. The highest BCUT2D eigenvalue weighted by atomic mass is 16.5. The summed E-state index contributed by atoms with van der Waals surface area (Å²) in [6.45, 7) is 3.74. The fourth-order valence-electron chi connectivity index (χ4n) is 4.47. The van der Waals surface area contributed by atoms with E-state index in [9.17, 15) is 5.11 Å². The average molecular weight is 275 g/mol. The molecule has 1 heterocycles. The van der Waals surface area contributed by atoms with Gasteiger partial charge < -0.3 is 14.7 Å². The summed E-state index contributed by atoms with van der Waals surface area (Å²) in [4.78, 5) is 2.49. The maximum absolute atomic E-state index is 9.62. The van der Waals surface area contributed by atoms with E-state index in [2.05, 4.69) is 37.1 Å². The van der Waals surface area contributed by atoms with Crippen molar-refractivity contribution in [2.45, 2.75) is 37.6 Å². The second-order valence-electron chi connectivity index (χ2n) is 6.44. The van der Waals surface area contributed by atoms with Crippen LogP contribution >= 0.6 is 0 Å². The van der Waals surface area contributed by atoms with Crippen LogP contribution in [0.25, 0.3) is 0 Å². The molecule has 3 atom stereocenters. The highest BCUT2D eigenvalue weighted by Gasteiger charge is 2.49. The van der Waals surface area contributed by atoms with Crippen molar-refractivity contribution < 1.29 is 9.84 Å². The number of ether oxygens (including phenoxy) is 1. The number of piperidine rings is 1. The minimum atomic E-state index is 0.119. The molecule has 1 saturated heterocycles. The first-order valence-electron chi connectivity index (χ1n) is 7.61. The number of nitrogens with zero attached hydrogens (tertiary/aromatic N) is 1. The first kappa shape index (κ1) is 13.9. The van der Waals surface area contributed by atoms with Crippen LogP contribution in [-0.2, 0) is 11.8 Å².